The number of hydrogen-bond acceptors (Lipinski definition) is 1. The summed E-state index contributed by atoms with van der Waals surface area (Å²) in [5.74, 6) is -0.263. The van der Waals surface area contributed by atoms with Crippen molar-refractivity contribution < 1.29 is 4.39 Å². The number of nitrogens with one attached hydrogen (secondary N) is 1. The highest BCUT2D eigenvalue weighted by Gasteiger charge is 2.17. The van der Waals surface area contributed by atoms with Gasteiger partial charge in [-0.3, -0.25) is 0 Å². The van der Waals surface area contributed by atoms with Gasteiger partial charge >= 0.3 is 0 Å². The molecule has 0 bridgehead atoms. The Labute approximate surface area is 111 Å². The number of hydrogen-bond donors (Lipinski definition) is 1. The second-order valence-electron chi connectivity index (χ2n) is 4.47. The summed E-state index contributed by atoms with van der Waals surface area (Å²) in [5, 5.41) is 3.79. The fraction of sp³-hybridized carbons (Fsp3) is 0.200. The number of fused-ring (bicyclic) bond motifs is 1. The third-order valence-electron chi connectivity index (χ3n) is 3.38. The van der Waals surface area contributed by atoms with Gasteiger partial charge < -0.3 is 5.32 Å². The zero-order chi connectivity index (χ0) is 12.5. The Kier molecular flexibility index (Phi) is 3.06. The maximum absolute atomic E-state index is 14.0. The molecule has 0 saturated heterocycles. The summed E-state index contributed by atoms with van der Waals surface area (Å²) in [6, 6.07) is 10.8. The minimum Gasteiger partial charge on any atom is -0.312 e. The fourth-order valence-corrected chi connectivity index (χ4v) is 2.77. The second-order valence-corrected chi connectivity index (χ2v) is 4.87. The highest BCUT2D eigenvalue weighted by Crippen LogP contribution is 2.34. The molecule has 1 aliphatic heterocycles. The van der Waals surface area contributed by atoms with Crippen LogP contribution in [0.5, 0.6) is 0 Å². The van der Waals surface area contributed by atoms with E-state index in [4.69, 9.17) is 11.6 Å². The van der Waals surface area contributed by atoms with Crippen LogP contribution in [0.15, 0.2) is 36.4 Å². The lowest BCUT2D eigenvalue weighted by Crippen LogP contribution is -2.24. The Bertz CT molecular complexity index is 575. The molecule has 3 rings (SSSR count). The lowest BCUT2D eigenvalue weighted by atomic mass is 9.92. The SMILES string of the molecule is Fc1cccc(Cl)c1-c1cccc2c1CNCC2. The standard InChI is InChI=1S/C15H13ClFN/c16-13-5-2-6-14(17)15(13)11-4-1-3-10-7-8-18-9-12(10)11/h1-6,18H,7-9H2. The topological polar surface area (TPSA) is 12.0 Å². The van der Waals surface area contributed by atoms with Crippen molar-refractivity contribution in [3.05, 3.63) is 58.4 Å². The first-order chi connectivity index (χ1) is 8.77. The van der Waals surface area contributed by atoms with Crippen molar-refractivity contribution in [1.29, 1.82) is 0 Å². The molecule has 18 heavy (non-hydrogen) atoms. The molecule has 1 nitrogen and oxygen atoms in total. The molecule has 92 valence electrons. The molecule has 2 aromatic rings. The Balaban J connectivity index is 2.23. The van der Waals surface area contributed by atoms with E-state index in [-0.39, 0.29) is 5.82 Å². The first-order valence-electron chi connectivity index (χ1n) is 6.03. The van der Waals surface area contributed by atoms with E-state index in [0.717, 1.165) is 30.6 Å². The molecular weight excluding hydrogens is 249 g/mol. The summed E-state index contributed by atoms with van der Waals surface area (Å²) in [5.41, 5.74) is 3.86. The maximum Gasteiger partial charge on any atom is 0.132 e. The minimum atomic E-state index is -0.263. The van der Waals surface area contributed by atoms with Crippen molar-refractivity contribution in [2.24, 2.45) is 0 Å². The molecule has 1 aliphatic rings. The molecule has 0 spiro atoms. The summed E-state index contributed by atoms with van der Waals surface area (Å²) in [6.07, 6.45) is 0.981. The minimum absolute atomic E-state index is 0.263. The molecule has 0 unspecified atom stereocenters. The van der Waals surface area contributed by atoms with E-state index >= 15 is 0 Å². The Hall–Kier alpha value is -1.38. The summed E-state index contributed by atoms with van der Waals surface area (Å²) in [6.45, 7) is 1.75. The highest BCUT2D eigenvalue weighted by molar-refractivity contribution is 6.33. The van der Waals surface area contributed by atoms with Crippen LogP contribution >= 0.6 is 11.6 Å². The van der Waals surface area contributed by atoms with Gasteiger partial charge in [-0.25, -0.2) is 4.39 Å². The molecule has 0 atom stereocenters. The third-order valence-corrected chi connectivity index (χ3v) is 3.69. The van der Waals surface area contributed by atoms with Gasteiger partial charge in [0.15, 0.2) is 0 Å². The molecule has 2 aromatic carbocycles. The van der Waals surface area contributed by atoms with Crippen molar-refractivity contribution in [2.45, 2.75) is 13.0 Å². The predicted molar refractivity (Wildman–Crippen MR) is 72.3 cm³/mol. The number of benzene rings is 2. The van der Waals surface area contributed by atoms with E-state index in [9.17, 15) is 4.39 Å². The Morgan fingerprint density at radius 3 is 2.78 bits per heavy atom. The van der Waals surface area contributed by atoms with Crippen LogP contribution in [0.2, 0.25) is 5.02 Å². The van der Waals surface area contributed by atoms with Crippen molar-refractivity contribution in [3.63, 3.8) is 0 Å². The van der Waals surface area contributed by atoms with Gasteiger partial charge in [0.1, 0.15) is 5.82 Å². The van der Waals surface area contributed by atoms with E-state index in [1.54, 1.807) is 12.1 Å². The Morgan fingerprint density at radius 1 is 1.11 bits per heavy atom. The summed E-state index contributed by atoms with van der Waals surface area (Å²) >= 11 is 6.15. The fourth-order valence-electron chi connectivity index (χ4n) is 2.50. The third kappa shape index (κ3) is 1.92. The molecule has 1 heterocycles. The zero-order valence-electron chi connectivity index (χ0n) is 9.84. The molecule has 0 saturated carbocycles. The smallest absolute Gasteiger partial charge is 0.132 e. The van der Waals surface area contributed by atoms with Crippen molar-refractivity contribution in [1.82, 2.24) is 5.32 Å². The van der Waals surface area contributed by atoms with E-state index < -0.39 is 0 Å². The average Bonchev–Trinajstić information content (AvgIpc) is 2.39. The van der Waals surface area contributed by atoms with E-state index in [0.29, 0.717) is 10.6 Å². The summed E-state index contributed by atoms with van der Waals surface area (Å²) in [4.78, 5) is 0. The highest BCUT2D eigenvalue weighted by atomic mass is 35.5. The van der Waals surface area contributed by atoms with Crippen molar-refractivity contribution >= 4 is 11.6 Å². The van der Waals surface area contributed by atoms with Gasteiger partial charge in [0.25, 0.3) is 0 Å². The van der Waals surface area contributed by atoms with Gasteiger partial charge in [0, 0.05) is 12.1 Å². The van der Waals surface area contributed by atoms with Gasteiger partial charge in [-0.15, -0.1) is 0 Å². The van der Waals surface area contributed by atoms with Crippen molar-refractivity contribution in [2.75, 3.05) is 6.54 Å². The quantitative estimate of drug-likeness (QED) is 0.824. The Morgan fingerprint density at radius 2 is 1.94 bits per heavy atom. The first kappa shape index (κ1) is 11.7. The number of rotatable bonds is 1. The van der Waals surface area contributed by atoms with E-state index in [1.807, 2.05) is 12.1 Å². The van der Waals surface area contributed by atoms with Crippen LogP contribution in [-0.2, 0) is 13.0 Å². The zero-order valence-corrected chi connectivity index (χ0v) is 10.6. The molecule has 0 aliphatic carbocycles. The van der Waals surface area contributed by atoms with Crippen molar-refractivity contribution in [3.8, 4) is 11.1 Å². The van der Waals surface area contributed by atoms with Gasteiger partial charge in [0.05, 0.1) is 5.02 Å². The lowest BCUT2D eigenvalue weighted by Gasteiger charge is -2.21. The van der Waals surface area contributed by atoms with Gasteiger partial charge in [-0.05, 0) is 41.8 Å². The summed E-state index contributed by atoms with van der Waals surface area (Å²) in [7, 11) is 0. The van der Waals surface area contributed by atoms with Gasteiger partial charge in [-0.1, -0.05) is 35.9 Å². The molecule has 0 aromatic heterocycles. The molecule has 0 amide bonds. The van der Waals surface area contributed by atoms with Crippen LogP contribution in [0.25, 0.3) is 11.1 Å². The largest absolute Gasteiger partial charge is 0.312 e. The molecule has 3 heteroatoms. The van der Waals surface area contributed by atoms with Crippen LogP contribution in [0.4, 0.5) is 4.39 Å². The molecule has 0 radical (unpaired) electrons. The normalized spacial score (nSPS) is 14.3. The molecule has 0 fully saturated rings. The van der Waals surface area contributed by atoms with E-state index in [1.165, 1.54) is 11.6 Å². The predicted octanol–water partition coefficient (Wildman–Crippen LogP) is 3.79. The van der Waals surface area contributed by atoms with Crippen LogP contribution in [0.1, 0.15) is 11.1 Å². The maximum atomic E-state index is 14.0. The molecule has 1 N–H and O–H groups in total. The van der Waals surface area contributed by atoms with Crippen LogP contribution in [-0.4, -0.2) is 6.54 Å². The van der Waals surface area contributed by atoms with Gasteiger partial charge in [-0.2, -0.15) is 0 Å². The monoisotopic (exact) mass is 261 g/mol. The van der Waals surface area contributed by atoms with Gasteiger partial charge in [0.2, 0.25) is 0 Å². The average molecular weight is 262 g/mol. The molecular formula is C15H13ClFN. The second kappa shape index (κ2) is 4.71. The van der Waals surface area contributed by atoms with Crippen LogP contribution in [0.3, 0.4) is 0 Å². The van der Waals surface area contributed by atoms with Crippen LogP contribution < -0.4 is 5.32 Å². The summed E-state index contributed by atoms with van der Waals surface area (Å²) < 4.78 is 14.0. The number of halogens is 2. The van der Waals surface area contributed by atoms with E-state index in [2.05, 4.69) is 11.4 Å². The van der Waals surface area contributed by atoms with Crippen LogP contribution in [0, 0.1) is 5.82 Å². The first-order valence-corrected chi connectivity index (χ1v) is 6.41. The lowest BCUT2D eigenvalue weighted by molar-refractivity contribution is 0.627.